The molecule has 2 aromatic rings. The Morgan fingerprint density at radius 2 is 2.13 bits per heavy atom. The van der Waals surface area contributed by atoms with Crippen molar-refractivity contribution in [2.75, 3.05) is 24.6 Å². The second-order valence-electron chi connectivity index (χ2n) is 6.15. The number of aromatic nitrogens is 1. The maximum absolute atomic E-state index is 12.0. The minimum atomic E-state index is -0.487. The third kappa shape index (κ3) is 2.96. The maximum Gasteiger partial charge on any atom is 0.355 e. The van der Waals surface area contributed by atoms with Gasteiger partial charge >= 0.3 is 5.97 Å². The molecule has 1 N–H and O–H groups in total. The Morgan fingerprint density at radius 1 is 1.39 bits per heavy atom. The second kappa shape index (κ2) is 6.44. The summed E-state index contributed by atoms with van der Waals surface area (Å²) in [6, 6.07) is 5.96. The highest BCUT2D eigenvalue weighted by Crippen LogP contribution is 2.29. The summed E-state index contributed by atoms with van der Waals surface area (Å²) in [7, 11) is 0. The van der Waals surface area contributed by atoms with E-state index in [0.717, 1.165) is 41.9 Å². The van der Waals surface area contributed by atoms with Crippen LogP contribution in [0.3, 0.4) is 0 Å². The smallest absolute Gasteiger partial charge is 0.355 e. The summed E-state index contributed by atoms with van der Waals surface area (Å²) < 4.78 is 5.02. The molecule has 0 atom stereocenters. The molecule has 5 heteroatoms. The number of aldehydes is 1. The summed E-state index contributed by atoms with van der Waals surface area (Å²) in [5, 5.41) is 0.777. The van der Waals surface area contributed by atoms with Crippen molar-refractivity contribution in [3.05, 3.63) is 29.5 Å². The summed E-state index contributed by atoms with van der Waals surface area (Å²) in [5.74, 6) is 0.280. The first kappa shape index (κ1) is 15.6. The van der Waals surface area contributed by atoms with E-state index in [0.29, 0.717) is 5.56 Å². The highest BCUT2D eigenvalue weighted by atomic mass is 16.5. The van der Waals surface area contributed by atoms with E-state index >= 15 is 0 Å². The monoisotopic (exact) mass is 314 g/mol. The molecule has 3 rings (SSSR count). The first-order valence-corrected chi connectivity index (χ1v) is 8.17. The summed E-state index contributed by atoms with van der Waals surface area (Å²) in [6.45, 7) is 6.36. The fourth-order valence-electron chi connectivity index (χ4n) is 3.15. The number of carbonyl (C=O) groups excluding carboxylic acids is 2. The molecule has 0 saturated carbocycles. The van der Waals surface area contributed by atoms with Crippen LogP contribution in [0.25, 0.3) is 10.9 Å². The molecule has 0 spiro atoms. The number of piperidine rings is 1. The van der Waals surface area contributed by atoms with E-state index in [1.54, 1.807) is 6.92 Å². The number of ether oxygens (including phenoxy) is 1. The molecule has 1 aromatic carbocycles. The molecule has 0 bridgehead atoms. The molecule has 23 heavy (non-hydrogen) atoms. The molecule has 0 aliphatic carbocycles. The van der Waals surface area contributed by atoms with Gasteiger partial charge in [-0.1, -0.05) is 6.92 Å². The van der Waals surface area contributed by atoms with Crippen molar-refractivity contribution in [1.29, 1.82) is 0 Å². The Hall–Kier alpha value is -2.30. The molecule has 1 saturated heterocycles. The molecular formula is C18H22N2O3. The highest BCUT2D eigenvalue weighted by Gasteiger charge is 2.21. The van der Waals surface area contributed by atoms with Crippen molar-refractivity contribution in [2.45, 2.75) is 26.7 Å². The van der Waals surface area contributed by atoms with E-state index in [1.807, 2.05) is 18.2 Å². The predicted octanol–water partition coefficient (Wildman–Crippen LogP) is 3.39. The molecule has 122 valence electrons. The van der Waals surface area contributed by atoms with Crippen LogP contribution in [-0.4, -0.2) is 36.9 Å². The number of carbonyl (C=O) groups is 2. The number of hydrogen-bond donors (Lipinski definition) is 1. The number of hydrogen-bond acceptors (Lipinski definition) is 4. The quantitative estimate of drug-likeness (QED) is 0.694. The van der Waals surface area contributed by atoms with Crippen molar-refractivity contribution in [1.82, 2.24) is 4.98 Å². The van der Waals surface area contributed by atoms with Gasteiger partial charge in [-0.3, -0.25) is 4.79 Å². The van der Waals surface area contributed by atoms with Gasteiger partial charge in [0.15, 0.2) is 6.29 Å². The molecule has 1 aliphatic rings. The SMILES string of the molecule is CCOC(=O)c1[nH]c2ccc(N3CCC(C)CC3)cc2c1C=O. The standard InChI is InChI=1S/C18H22N2O3/c1-3-23-18(22)17-15(11-21)14-10-13(4-5-16(14)19-17)20-8-6-12(2)7-9-20/h4-5,10-12,19H,3,6-9H2,1-2H3. The van der Waals surface area contributed by atoms with E-state index in [9.17, 15) is 9.59 Å². The average molecular weight is 314 g/mol. The van der Waals surface area contributed by atoms with Gasteiger partial charge in [0.05, 0.1) is 12.2 Å². The van der Waals surface area contributed by atoms with Gasteiger partial charge in [-0.25, -0.2) is 4.79 Å². The van der Waals surface area contributed by atoms with Gasteiger partial charge in [-0.15, -0.1) is 0 Å². The highest BCUT2D eigenvalue weighted by molar-refractivity contribution is 6.08. The van der Waals surface area contributed by atoms with Gasteiger partial charge in [0.25, 0.3) is 0 Å². The fourth-order valence-corrected chi connectivity index (χ4v) is 3.15. The van der Waals surface area contributed by atoms with Crippen molar-refractivity contribution in [3.8, 4) is 0 Å². The second-order valence-corrected chi connectivity index (χ2v) is 6.15. The summed E-state index contributed by atoms with van der Waals surface area (Å²) >= 11 is 0. The number of esters is 1. The number of nitrogens with zero attached hydrogens (tertiary/aromatic N) is 1. The van der Waals surface area contributed by atoms with Crippen LogP contribution in [0.1, 0.15) is 47.5 Å². The third-order valence-electron chi connectivity index (χ3n) is 4.57. The van der Waals surface area contributed by atoms with Gasteiger partial charge in [-0.05, 0) is 43.9 Å². The number of aromatic amines is 1. The molecule has 0 unspecified atom stereocenters. The summed E-state index contributed by atoms with van der Waals surface area (Å²) in [5.41, 5.74) is 2.50. The van der Waals surface area contributed by atoms with Crippen LogP contribution in [-0.2, 0) is 4.74 Å². The number of rotatable bonds is 4. The lowest BCUT2D eigenvalue weighted by Gasteiger charge is -2.32. The molecular weight excluding hydrogens is 292 g/mol. The first-order valence-electron chi connectivity index (χ1n) is 8.17. The molecule has 0 amide bonds. The number of anilines is 1. The topological polar surface area (TPSA) is 62.4 Å². The number of fused-ring (bicyclic) bond motifs is 1. The van der Waals surface area contributed by atoms with Crippen LogP contribution >= 0.6 is 0 Å². The molecule has 1 fully saturated rings. The Morgan fingerprint density at radius 3 is 2.78 bits per heavy atom. The average Bonchev–Trinajstić information content (AvgIpc) is 2.93. The first-order chi connectivity index (χ1) is 11.1. The molecule has 2 heterocycles. The van der Waals surface area contributed by atoms with E-state index in [1.165, 1.54) is 12.8 Å². The van der Waals surface area contributed by atoms with Gasteiger partial charge < -0.3 is 14.6 Å². The summed E-state index contributed by atoms with van der Waals surface area (Å²) in [6.07, 6.45) is 3.09. The van der Waals surface area contributed by atoms with Gasteiger partial charge in [-0.2, -0.15) is 0 Å². The Kier molecular flexibility index (Phi) is 4.37. The zero-order valence-corrected chi connectivity index (χ0v) is 13.6. The van der Waals surface area contributed by atoms with Gasteiger partial charge in [0, 0.05) is 29.7 Å². The van der Waals surface area contributed by atoms with Gasteiger partial charge in [0.2, 0.25) is 0 Å². The van der Waals surface area contributed by atoms with Crippen LogP contribution in [0.15, 0.2) is 18.2 Å². The molecule has 1 aromatic heterocycles. The predicted molar refractivity (Wildman–Crippen MR) is 90.3 cm³/mol. The lowest BCUT2D eigenvalue weighted by Crippen LogP contribution is -2.32. The zero-order valence-electron chi connectivity index (χ0n) is 13.6. The van der Waals surface area contributed by atoms with Crippen LogP contribution < -0.4 is 4.90 Å². The van der Waals surface area contributed by atoms with E-state index in [2.05, 4.69) is 16.8 Å². The number of benzene rings is 1. The van der Waals surface area contributed by atoms with E-state index in [4.69, 9.17) is 4.74 Å². The number of nitrogens with one attached hydrogen (secondary N) is 1. The lowest BCUT2D eigenvalue weighted by atomic mass is 9.98. The zero-order chi connectivity index (χ0) is 16.4. The molecule has 5 nitrogen and oxygen atoms in total. The van der Waals surface area contributed by atoms with Crippen molar-refractivity contribution in [2.24, 2.45) is 5.92 Å². The van der Waals surface area contributed by atoms with E-state index in [-0.39, 0.29) is 12.3 Å². The van der Waals surface area contributed by atoms with Crippen LogP contribution in [0.2, 0.25) is 0 Å². The van der Waals surface area contributed by atoms with Crippen LogP contribution in [0.5, 0.6) is 0 Å². The summed E-state index contributed by atoms with van der Waals surface area (Å²) in [4.78, 5) is 28.8. The Balaban J connectivity index is 1.98. The van der Waals surface area contributed by atoms with Crippen molar-refractivity contribution >= 4 is 28.8 Å². The van der Waals surface area contributed by atoms with Crippen LogP contribution in [0, 0.1) is 5.92 Å². The normalized spacial score (nSPS) is 15.8. The fraction of sp³-hybridized carbons (Fsp3) is 0.444. The molecule has 1 aliphatic heterocycles. The maximum atomic E-state index is 12.0. The van der Waals surface area contributed by atoms with Crippen molar-refractivity contribution < 1.29 is 14.3 Å². The Bertz CT molecular complexity index is 727. The minimum Gasteiger partial charge on any atom is -0.461 e. The largest absolute Gasteiger partial charge is 0.461 e. The van der Waals surface area contributed by atoms with Crippen LogP contribution in [0.4, 0.5) is 5.69 Å². The minimum absolute atomic E-state index is 0.237. The number of H-pyrrole nitrogens is 1. The van der Waals surface area contributed by atoms with Crippen molar-refractivity contribution in [3.63, 3.8) is 0 Å². The lowest BCUT2D eigenvalue weighted by molar-refractivity contribution is 0.0518. The third-order valence-corrected chi connectivity index (χ3v) is 4.57. The van der Waals surface area contributed by atoms with Gasteiger partial charge in [0.1, 0.15) is 5.69 Å². The van der Waals surface area contributed by atoms with E-state index < -0.39 is 5.97 Å². The Labute approximate surface area is 135 Å². The molecule has 0 radical (unpaired) electrons.